The molecule has 0 aliphatic heterocycles. The van der Waals surface area contributed by atoms with Crippen molar-refractivity contribution in [2.24, 2.45) is 0 Å². The van der Waals surface area contributed by atoms with E-state index in [1.807, 2.05) is 0 Å². The number of hydrogen-bond acceptors (Lipinski definition) is 2. The molecule has 0 saturated heterocycles. The summed E-state index contributed by atoms with van der Waals surface area (Å²) in [6.45, 7) is 18.1. The number of fused-ring (bicyclic) bond motifs is 2. The van der Waals surface area contributed by atoms with Crippen LogP contribution in [0.3, 0.4) is 0 Å². The lowest BCUT2D eigenvalue weighted by atomic mass is 9.84. The second kappa shape index (κ2) is 21.4. The summed E-state index contributed by atoms with van der Waals surface area (Å²) in [5, 5.41) is 4.78. The minimum atomic E-state index is 0.432. The van der Waals surface area contributed by atoms with Gasteiger partial charge in [-0.25, -0.2) is 0 Å². The van der Waals surface area contributed by atoms with E-state index in [9.17, 15) is 0 Å². The summed E-state index contributed by atoms with van der Waals surface area (Å²) in [6.07, 6.45) is 0. The average Bonchev–Trinajstić information content (AvgIpc) is 3.46. The van der Waals surface area contributed by atoms with E-state index in [2.05, 4.69) is 308 Å². The fourth-order valence-electron chi connectivity index (χ4n) is 11.0. The van der Waals surface area contributed by atoms with E-state index in [1.165, 1.54) is 88.3 Å². The first-order valence-corrected chi connectivity index (χ1v) is 27.3. The van der Waals surface area contributed by atoms with E-state index in [1.54, 1.807) is 0 Å². The van der Waals surface area contributed by atoms with Crippen molar-refractivity contribution in [2.45, 2.75) is 79.1 Å². The van der Waals surface area contributed by atoms with Crippen LogP contribution in [-0.2, 0) is 0 Å². The predicted molar refractivity (Wildman–Crippen MR) is 329 cm³/mol. The lowest BCUT2D eigenvalue weighted by Crippen LogP contribution is -2.11. The molecule has 0 unspecified atom stereocenters. The third-order valence-corrected chi connectivity index (χ3v) is 15.4. The van der Waals surface area contributed by atoms with Crippen LogP contribution in [0.15, 0.2) is 243 Å². The molecule has 0 radical (unpaired) electrons. The van der Waals surface area contributed by atoms with E-state index in [0.29, 0.717) is 23.7 Å². The second-order valence-electron chi connectivity index (χ2n) is 21.8. The molecule has 0 aromatic heterocycles. The summed E-state index contributed by atoms with van der Waals surface area (Å²) in [4.78, 5) is 4.87. The van der Waals surface area contributed by atoms with Crippen LogP contribution in [0, 0.1) is 0 Å². The SMILES string of the molecule is CC(C)c1ccc(N(c2ccc(C(C)C)cc2)c2ccc3c(-c4ccc(-c5ccccc5)cc4)c4cc(N(c5ccc(C(C)C)cc5)c5ccc(C(C)C)cc5)ccc4c(-c4ccc(-c5ccccc5)cc4)c3c2)cc1. The van der Waals surface area contributed by atoms with Gasteiger partial charge in [-0.05, 0) is 185 Å². The van der Waals surface area contributed by atoms with Crippen LogP contribution in [0.4, 0.5) is 34.1 Å². The average molecular weight is 985 g/mol. The summed E-state index contributed by atoms with van der Waals surface area (Å²) in [5.41, 5.74) is 21.6. The highest BCUT2D eigenvalue weighted by atomic mass is 15.1. The molecular formula is C74H68N2. The molecular weight excluding hydrogens is 917 g/mol. The third kappa shape index (κ3) is 9.96. The molecule has 2 nitrogen and oxygen atoms in total. The Bertz CT molecular complexity index is 3380. The molecule has 0 amide bonds. The Morgan fingerprint density at radius 2 is 0.447 bits per heavy atom. The summed E-state index contributed by atoms with van der Waals surface area (Å²) >= 11 is 0. The van der Waals surface area contributed by atoms with Crippen LogP contribution in [-0.4, -0.2) is 0 Å². The summed E-state index contributed by atoms with van der Waals surface area (Å²) in [5.74, 6) is 1.73. The number of rotatable bonds is 14. The van der Waals surface area contributed by atoms with Gasteiger partial charge in [0.2, 0.25) is 0 Å². The Kier molecular flexibility index (Phi) is 14.0. The van der Waals surface area contributed by atoms with Crippen LogP contribution in [0.5, 0.6) is 0 Å². The molecule has 0 N–H and O–H groups in total. The standard InChI is InChI=1S/C74H68N2/c1-49(2)53-27-35-63(36-28-53)75(64-37-29-54(30-38-64)50(3)4)67-43-45-69-71(47-67)73(61-23-19-59(20-24-61)57-15-11-9-12-16-57)70-46-44-68(48-72(70)74(69)62-25-21-60(22-26-62)58-17-13-10-14-18-58)76(65-39-31-55(32-40-65)51(5)6)66-41-33-56(34-42-66)52(7)8/h9-52H,1-8H3. The van der Waals surface area contributed by atoms with Crippen LogP contribution >= 0.6 is 0 Å². The Morgan fingerprint density at radius 1 is 0.211 bits per heavy atom. The van der Waals surface area contributed by atoms with Gasteiger partial charge in [0.15, 0.2) is 0 Å². The maximum absolute atomic E-state index is 2.45. The van der Waals surface area contributed by atoms with Crippen molar-refractivity contribution in [3.05, 3.63) is 265 Å². The lowest BCUT2D eigenvalue weighted by Gasteiger charge is -2.29. The summed E-state index contributed by atoms with van der Waals surface area (Å²) in [6, 6.07) is 90.9. The molecule has 374 valence electrons. The molecule has 0 fully saturated rings. The summed E-state index contributed by atoms with van der Waals surface area (Å²) < 4.78 is 0. The zero-order valence-electron chi connectivity index (χ0n) is 45.3. The van der Waals surface area contributed by atoms with Crippen LogP contribution < -0.4 is 9.80 Å². The normalized spacial score (nSPS) is 11.6. The van der Waals surface area contributed by atoms with Gasteiger partial charge in [0, 0.05) is 34.1 Å². The van der Waals surface area contributed by atoms with Gasteiger partial charge in [0.1, 0.15) is 0 Å². The molecule has 0 bridgehead atoms. The highest BCUT2D eigenvalue weighted by Crippen LogP contribution is 2.49. The summed E-state index contributed by atoms with van der Waals surface area (Å²) in [7, 11) is 0. The predicted octanol–water partition coefficient (Wildman–Crippen LogP) is 22.1. The zero-order valence-corrected chi connectivity index (χ0v) is 45.3. The molecule has 0 aliphatic carbocycles. The van der Waals surface area contributed by atoms with E-state index < -0.39 is 0 Å². The smallest absolute Gasteiger partial charge is 0.0468 e. The van der Waals surface area contributed by atoms with Crippen LogP contribution in [0.25, 0.3) is 66.1 Å². The molecule has 0 spiro atoms. The molecule has 0 atom stereocenters. The highest BCUT2D eigenvalue weighted by Gasteiger charge is 2.23. The Morgan fingerprint density at radius 3 is 0.711 bits per heavy atom. The fourth-order valence-corrected chi connectivity index (χ4v) is 11.0. The van der Waals surface area contributed by atoms with Crippen molar-refractivity contribution in [1.82, 2.24) is 0 Å². The second-order valence-corrected chi connectivity index (χ2v) is 21.8. The maximum Gasteiger partial charge on any atom is 0.0468 e. The minimum absolute atomic E-state index is 0.432. The van der Waals surface area contributed by atoms with Crippen molar-refractivity contribution >= 4 is 55.7 Å². The van der Waals surface area contributed by atoms with Gasteiger partial charge < -0.3 is 9.80 Å². The Balaban J connectivity index is 1.21. The molecule has 11 aromatic carbocycles. The topological polar surface area (TPSA) is 6.48 Å². The van der Waals surface area contributed by atoms with E-state index in [0.717, 1.165) is 34.1 Å². The van der Waals surface area contributed by atoms with Crippen molar-refractivity contribution in [3.8, 4) is 44.5 Å². The number of benzene rings is 11. The molecule has 11 rings (SSSR count). The first-order valence-electron chi connectivity index (χ1n) is 27.3. The van der Waals surface area contributed by atoms with Gasteiger partial charge in [0.25, 0.3) is 0 Å². The van der Waals surface area contributed by atoms with Crippen molar-refractivity contribution in [2.75, 3.05) is 9.80 Å². The van der Waals surface area contributed by atoms with Gasteiger partial charge in [-0.15, -0.1) is 0 Å². The largest absolute Gasteiger partial charge is 0.310 e. The van der Waals surface area contributed by atoms with Crippen molar-refractivity contribution in [3.63, 3.8) is 0 Å². The maximum atomic E-state index is 2.45. The van der Waals surface area contributed by atoms with Gasteiger partial charge in [-0.2, -0.15) is 0 Å². The number of hydrogen-bond donors (Lipinski definition) is 0. The van der Waals surface area contributed by atoms with Gasteiger partial charge in [-0.3, -0.25) is 0 Å². The Labute approximate surface area is 451 Å². The van der Waals surface area contributed by atoms with Gasteiger partial charge in [-0.1, -0.05) is 225 Å². The fraction of sp³-hybridized carbons (Fsp3) is 0.162. The zero-order chi connectivity index (χ0) is 52.5. The van der Waals surface area contributed by atoms with Gasteiger partial charge in [0.05, 0.1) is 0 Å². The van der Waals surface area contributed by atoms with Crippen molar-refractivity contribution in [1.29, 1.82) is 0 Å². The first-order chi connectivity index (χ1) is 37.0. The quantitative estimate of drug-likeness (QED) is 0.100. The molecule has 0 aliphatic rings. The van der Waals surface area contributed by atoms with E-state index in [-0.39, 0.29) is 0 Å². The number of anilines is 6. The van der Waals surface area contributed by atoms with E-state index >= 15 is 0 Å². The molecule has 0 saturated carbocycles. The third-order valence-electron chi connectivity index (χ3n) is 15.4. The molecule has 2 heteroatoms. The van der Waals surface area contributed by atoms with Gasteiger partial charge >= 0.3 is 0 Å². The van der Waals surface area contributed by atoms with Crippen molar-refractivity contribution < 1.29 is 0 Å². The highest BCUT2D eigenvalue weighted by molar-refractivity contribution is 6.22. The Hall–Kier alpha value is -8.46. The molecule has 76 heavy (non-hydrogen) atoms. The molecule has 0 heterocycles. The van der Waals surface area contributed by atoms with Crippen LogP contribution in [0.2, 0.25) is 0 Å². The van der Waals surface area contributed by atoms with Crippen LogP contribution in [0.1, 0.15) is 101 Å². The number of nitrogens with zero attached hydrogens (tertiary/aromatic N) is 2. The monoisotopic (exact) mass is 985 g/mol. The minimum Gasteiger partial charge on any atom is -0.310 e. The lowest BCUT2D eigenvalue weighted by molar-refractivity contribution is 0.866. The first kappa shape index (κ1) is 49.7. The van der Waals surface area contributed by atoms with E-state index in [4.69, 9.17) is 0 Å². The molecule has 11 aromatic rings.